The van der Waals surface area contributed by atoms with E-state index >= 15 is 0 Å². The first kappa shape index (κ1) is 24.0. The lowest BCUT2D eigenvalue weighted by Gasteiger charge is -2.22. The molecule has 27 heavy (non-hydrogen) atoms. The van der Waals surface area contributed by atoms with Gasteiger partial charge in [0, 0.05) is 35.7 Å². The van der Waals surface area contributed by atoms with Crippen LogP contribution in [0.3, 0.4) is 0 Å². The van der Waals surface area contributed by atoms with Crippen LogP contribution in [0.25, 0.3) is 0 Å². The van der Waals surface area contributed by atoms with Crippen molar-refractivity contribution in [3.05, 3.63) is 28.7 Å². The number of aliphatic imine (C=N–C) groups is 1. The Morgan fingerprint density at radius 1 is 1.33 bits per heavy atom. The summed E-state index contributed by atoms with van der Waals surface area (Å²) in [7, 11) is 0. The molecule has 1 saturated heterocycles. The summed E-state index contributed by atoms with van der Waals surface area (Å²) in [5.41, 5.74) is 0.969. The minimum absolute atomic E-state index is 0. The van der Waals surface area contributed by atoms with Gasteiger partial charge in [-0.2, -0.15) is 0 Å². The van der Waals surface area contributed by atoms with E-state index in [1.54, 1.807) is 0 Å². The van der Waals surface area contributed by atoms with Crippen LogP contribution in [0.2, 0.25) is 0 Å². The molecular formula is C19H31BrIN5O. The normalized spacial score (nSPS) is 17.3. The van der Waals surface area contributed by atoms with E-state index in [9.17, 15) is 4.79 Å². The Kier molecular flexibility index (Phi) is 9.86. The average Bonchev–Trinajstić information content (AvgIpc) is 3.00. The van der Waals surface area contributed by atoms with Crippen molar-refractivity contribution >= 4 is 57.5 Å². The number of rotatable bonds is 5. The van der Waals surface area contributed by atoms with Gasteiger partial charge in [0.05, 0.1) is 5.69 Å². The predicted octanol–water partition coefficient (Wildman–Crippen LogP) is 3.12. The SMILES string of the molecule is CCNC(=NCC(=O)NC(C)(C)C)NC1CCN(c2ccccc2Br)C1.I. The zero-order valence-corrected chi connectivity index (χ0v) is 20.4. The van der Waals surface area contributed by atoms with Crippen molar-refractivity contribution in [1.29, 1.82) is 0 Å². The van der Waals surface area contributed by atoms with Gasteiger partial charge in [-0.3, -0.25) is 4.79 Å². The maximum absolute atomic E-state index is 12.0. The van der Waals surface area contributed by atoms with Crippen LogP contribution in [-0.4, -0.2) is 49.6 Å². The van der Waals surface area contributed by atoms with E-state index in [2.05, 4.69) is 60.0 Å². The van der Waals surface area contributed by atoms with Crippen LogP contribution in [0.4, 0.5) is 5.69 Å². The van der Waals surface area contributed by atoms with Crippen molar-refractivity contribution in [1.82, 2.24) is 16.0 Å². The molecule has 1 unspecified atom stereocenters. The minimum atomic E-state index is -0.243. The molecule has 3 N–H and O–H groups in total. The Hall–Kier alpha value is -1.03. The Morgan fingerprint density at radius 2 is 2.04 bits per heavy atom. The van der Waals surface area contributed by atoms with Crippen LogP contribution >= 0.6 is 39.9 Å². The molecule has 6 nitrogen and oxygen atoms in total. The average molecular weight is 552 g/mol. The molecule has 1 atom stereocenters. The topological polar surface area (TPSA) is 68.8 Å². The van der Waals surface area contributed by atoms with Gasteiger partial charge in [-0.1, -0.05) is 12.1 Å². The Bertz CT molecular complexity index is 647. The molecule has 1 aliphatic rings. The second-order valence-electron chi connectivity index (χ2n) is 7.52. The molecule has 2 rings (SSSR count). The first-order chi connectivity index (χ1) is 12.3. The lowest BCUT2D eigenvalue weighted by molar-refractivity contribution is -0.121. The highest BCUT2D eigenvalue weighted by Crippen LogP contribution is 2.28. The van der Waals surface area contributed by atoms with E-state index in [4.69, 9.17) is 0 Å². The van der Waals surface area contributed by atoms with Crippen molar-refractivity contribution in [2.75, 3.05) is 31.1 Å². The fraction of sp³-hybridized carbons (Fsp3) is 0.579. The molecule has 152 valence electrons. The molecule has 0 bridgehead atoms. The number of carbonyl (C=O) groups is 1. The quantitative estimate of drug-likeness (QED) is 0.299. The van der Waals surface area contributed by atoms with Gasteiger partial charge >= 0.3 is 0 Å². The molecule has 1 amide bonds. The third-order valence-electron chi connectivity index (χ3n) is 3.96. The number of benzene rings is 1. The lowest BCUT2D eigenvalue weighted by Crippen LogP contribution is -2.46. The maximum Gasteiger partial charge on any atom is 0.242 e. The number of carbonyl (C=O) groups excluding carboxylic acids is 1. The number of hydrogen-bond acceptors (Lipinski definition) is 3. The van der Waals surface area contributed by atoms with Gasteiger partial charge < -0.3 is 20.9 Å². The predicted molar refractivity (Wildman–Crippen MR) is 127 cm³/mol. The molecule has 1 fully saturated rings. The fourth-order valence-electron chi connectivity index (χ4n) is 2.93. The second-order valence-corrected chi connectivity index (χ2v) is 8.38. The standard InChI is InChI=1S/C19H30BrN5O.HI/c1-5-21-18(22-12-17(26)24-19(2,3)4)23-14-10-11-25(13-14)16-9-7-6-8-15(16)20;/h6-9,14H,5,10-13H2,1-4H3,(H,24,26)(H2,21,22,23);1H. The number of hydrogen-bond donors (Lipinski definition) is 3. The van der Waals surface area contributed by atoms with E-state index in [1.807, 2.05) is 33.8 Å². The van der Waals surface area contributed by atoms with Gasteiger partial charge in [0.25, 0.3) is 0 Å². The third-order valence-corrected chi connectivity index (χ3v) is 4.63. The summed E-state index contributed by atoms with van der Waals surface area (Å²) < 4.78 is 1.11. The summed E-state index contributed by atoms with van der Waals surface area (Å²) in [5, 5.41) is 9.61. The van der Waals surface area contributed by atoms with E-state index in [0.717, 1.165) is 30.5 Å². The molecule has 0 spiro atoms. The molecule has 0 saturated carbocycles. The van der Waals surface area contributed by atoms with Gasteiger partial charge in [-0.15, -0.1) is 24.0 Å². The van der Waals surface area contributed by atoms with Gasteiger partial charge in [0.1, 0.15) is 6.54 Å². The molecule has 0 radical (unpaired) electrons. The molecule has 0 aliphatic carbocycles. The Labute approximate surface area is 188 Å². The first-order valence-corrected chi connectivity index (χ1v) is 9.93. The summed E-state index contributed by atoms with van der Waals surface area (Å²) in [6.45, 7) is 10.7. The number of nitrogens with one attached hydrogen (secondary N) is 3. The molecular weight excluding hydrogens is 521 g/mol. The van der Waals surface area contributed by atoms with Crippen LogP contribution in [0.15, 0.2) is 33.7 Å². The Morgan fingerprint density at radius 3 is 2.67 bits per heavy atom. The van der Waals surface area contributed by atoms with Crippen LogP contribution in [-0.2, 0) is 4.79 Å². The van der Waals surface area contributed by atoms with Crippen LogP contribution in [0.5, 0.6) is 0 Å². The third kappa shape index (κ3) is 8.25. The zero-order chi connectivity index (χ0) is 19.2. The van der Waals surface area contributed by atoms with Crippen molar-refractivity contribution in [2.45, 2.75) is 45.7 Å². The molecule has 1 heterocycles. The van der Waals surface area contributed by atoms with Gasteiger partial charge in [0.15, 0.2) is 5.96 Å². The zero-order valence-electron chi connectivity index (χ0n) is 16.5. The largest absolute Gasteiger partial charge is 0.368 e. The summed E-state index contributed by atoms with van der Waals surface area (Å²) in [4.78, 5) is 18.8. The van der Waals surface area contributed by atoms with Gasteiger partial charge in [-0.05, 0) is 62.2 Å². The van der Waals surface area contributed by atoms with Gasteiger partial charge in [0.2, 0.25) is 5.91 Å². The number of amides is 1. The summed E-state index contributed by atoms with van der Waals surface area (Å²) in [5.74, 6) is 0.617. The highest BCUT2D eigenvalue weighted by molar-refractivity contribution is 14.0. The number of halogens is 2. The van der Waals surface area contributed by atoms with E-state index in [-0.39, 0.29) is 42.0 Å². The van der Waals surface area contributed by atoms with Crippen molar-refractivity contribution in [2.24, 2.45) is 4.99 Å². The number of anilines is 1. The molecule has 0 aromatic heterocycles. The van der Waals surface area contributed by atoms with E-state index < -0.39 is 0 Å². The number of para-hydroxylation sites is 1. The minimum Gasteiger partial charge on any atom is -0.368 e. The number of nitrogens with zero attached hydrogens (tertiary/aromatic N) is 2. The van der Waals surface area contributed by atoms with Crippen molar-refractivity contribution < 1.29 is 4.79 Å². The molecule has 1 aromatic rings. The lowest BCUT2D eigenvalue weighted by atomic mass is 10.1. The fourth-order valence-corrected chi connectivity index (χ4v) is 3.46. The number of guanidine groups is 1. The van der Waals surface area contributed by atoms with Crippen LogP contribution in [0, 0.1) is 0 Å². The van der Waals surface area contributed by atoms with Crippen LogP contribution < -0.4 is 20.9 Å². The highest BCUT2D eigenvalue weighted by Gasteiger charge is 2.24. The summed E-state index contributed by atoms with van der Waals surface area (Å²) in [6, 6.07) is 8.57. The molecule has 1 aliphatic heterocycles. The van der Waals surface area contributed by atoms with Gasteiger partial charge in [-0.25, -0.2) is 4.99 Å². The Balaban J connectivity index is 0.00000364. The summed E-state index contributed by atoms with van der Waals surface area (Å²) in [6.07, 6.45) is 1.03. The molecule has 8 heteroatoms. The first-order valence-electron chi connectivity index (χ1n) is 9.14. The summed E-state index contributed by atoms with van der Waals surface area (Å²) >= 11 is 3.62. The highest BCUT2D eigenvalue weighted by atomic mass is 127. The monoisotopic (exact) mass is 551 g/mol. The van der Waals surface area contributed by atoms with Crippen molar-refractivity contribution in [3.8, 4) is 0 Å². The smallest absolute Gasteiger partial charge is 0.242 e. The van der Waals surface area contributed by atoms with E-state index in [1.165, 1.54) is 5.69 Å². The van der Waals surface area contributed by atoms with Crippen LogP contribution in [0.1, 0.15) is 34.1 Å². The molecule has 1 aromatic carbocycles. The maximum atomic E-state index is 12.0. The second kappa shape index (κ2) is 11.1. The van der Waals surface area contributed by atoms with Crippen molar-refractivity contribution in [3.63, 3.8) is 0 Å². The van der Waals surface area contributed by atoms with E-state index in [0.29, 0.717) is 12.0 Å².